The average molecular weight is 614 g/mol. The Morgan fingerprint density at radius 3 is 2.58 bits per heavy atom. The Labute approximate surface area is 257 Å². The van der Waals surface area contributed by atoms with E-state index in [-0.39, 0.29) is 31.3 Å². The van der Waals surface area contributed by atoms with Crippen LogP contribution in [0.5, 0.6) is 5.75 Å². The molecule has 0 saturated heterocycles. The maximum Gasteiger partial charge on any atom is 0.408 e. The van der Waals surface area contributed by atoms with Crippen LogP contribution in [0, 0.1) is 5.92 Å². The molecule has 1 heterocycles. The van der Waals surface area contributed by atoms with E-state index in [9.17, 15) is 19.2 Å². The number of rotatable bonds is 11. The molecule has 1 aliphatic heterocycles. The zero-order valence-corrected chi connectivity index (χ0v) is 25.3. The smallest absolute Gasteiger partial charge is 0.408 e. The molecule has 3 amide bonds. The van der Waals surface area contributed by atoms with Gasteiger partial charge in [-0.05, 0) is 42.5 Å². The van der Waals surface area contributed by atoms with Gasteiger partial charge in [0, 0.05) is 23.6 Å². The van der Waals surface area contributed by atoms with Gasteiger partial charge in [0.15, 0.2) is 0 Å². The Morgan fingerprint density at radius 1 is 1.02 bits per heavy atom. The lowest BCUT2D eigenvalue weighted by Gasteiger charge is -2.28. The van der Waals surface area contributed by atoms with Crippen LogP contribution in [0.3, 0.4) is 0 Å². The van der Waals surface area contributed by atoms with E-state index in [1.807, 2.05) is 24.3 Å². The van der Waals surface area contributed by atoms with Gasteiger partial charge in [-0.3, -0.25) is 9.59 Å². The van der Waals surface area contributed by atoms with Crippen molar-refractivity contribution in [1.29, 1.82) is 0 Å². The molecule has 0 aromatic heterocycles. The monoisotopic (exact) mass is 613 g/mol. The minimum atomic E-state index is -1.06. The largest absolute Gasteiger partial charge is 0.491 e. The minimum absolute atomic E-state index is 0.0108. The molecule has 232 valence electrons. The predicted molar refractivity (Wildman–Crippen MR) is 160 cm³/mol. The third kappa shape index (κ3) is 9.88. The van der Waals surface area contributed by atoms with Crippen molar-refractivity contribution in [3.8, 4) is 5.75 Å². The van der Waals surface area contributed by atoms with Gasteiger partial charge >= 0.3 is 12.1 Å². The lowest BCUT2D eigenvalue weighted by Crippen LogP contribution is -2.52. The summed E-state index contributed by atoms with van der Waals surface area (Å²) in [6.45, 7) is 1.16. The summed E-state index contributed by atoms with van der Waals surface area (Å²) in [5.41, 5.74) is 1.62. The second kappa shape index (κ2) is 16.2. The van der Waals surface area contributed by atoms with Gasteiger partial charge in [-0.2, -0.15) is 0 Å². The number of carbonyl (C=O) groups excluding carboxylic acids is 4. The Bertz CT molecular complexity index is 1270. The molecule has 11 heteroatoms. The average Bonchev–Trinajstić information content (AvgIpc) is 3.24. The first-order valence-electron chi connectivity index (χ1n) is 14.9. The van der Waals surface area contributed by atoms with Crippen LogP contribution >= 0.6 is 11.6 Å². The van der Waals surface area contributed by atoms with Crippen LogP contribution in [-0.2, 0) is 37.0 Å². The molecule has 1 aliphatic carbocycles. The Hall–Kier alpha value is -3.79. The van der Waals surface area contributed by atoms with Gasteiger partial charge in [0.05, 0.1) is 13.7 Å². The highest BCUT2D eigenvalue weighted by atomic mass is 35.5. The van der Waals surface area contributed by atoms with Crippen LogP contribution in [0.2, 0.25) is 5.02 Å². The first-order chi connectivity index (χ1) is 20.8. The van der Waals surface area contributed by atoms with Crippen LogP contribution < -0.4 is 15.4 Å². The second-order valence-electron chi connectivity index (χ2n) is 11.0. The third-order valence-electron chi connectivity index (χ3n) is 7.92. The van der Waals surface area contributed by atoms with Crippen molar-refractivity contribution in [1.82, 2.24) is 15.5 Å². The van der Waals surface area contributed by atoms with Crippen LogP contribution in [0.1, 0.15) is 62.5 Å². The molecule has 0 unspecified atom stereocenters. The summed E-state index contributed by atoms with van der Waals surface area (Å²) in [5.74, 6) is -0.343. The summed E-state index contributed by atoms with van der Waals surface area (Å²) in [6.07, 6.45) is 4.93. The van der Waals surface area contributed by atoms with Crippen LogP contribution in [0.15, 0.2) is 48.5 Å². The minimum Gasteiger partial charge on any atom is -0.491 e. The number of esters is 1. The normalized spacial score (nSPS) is 16.5. The SMILES string of the molecule is COC(=O)[C@H](CCC(=O)N1CCOc2ccccc2C1)NC(=O)[C@H](CC1CCCCC1)NC(=O)OCc1cccc(Cl)c1. The fourth-order valence-corrected chi connectivity index (χ4v) is 5.79. The number of fused-ring (bicyclic) bond motifs is 1. The number of hydrogen-bond acceptors (Lipinski definition) is 7. The number of halogens is 1. The van der Waals surface area contributed by atoms with Crippen molar-refractivity contribution in [3.63, 3.8) is 0 Å². The standard InChI is InChI=1S/C32H40ClN3O7/c1-41-31(39)26(14-15-29(37)36-16-17-42-28-13-6-5-11-24(28)20-36)34-30(38)27(19-22-8-3-2-4-9-22)35-32(40)43-21-23-10-7-12-25(33)18-23/h5-7,10-13,18,22,26-27H,2-4,8-9,14-17,19-21H2,1H3,(H,34,38)(H,35,40)/t26-,27-/m0/s1. The molecule has 2 aromatic carbocycles. The molecule has 2 aliphatic rings. The van der Waals surface area contributed by atoms with E-state index in [4.69, 9.17) is 25.8 Å². The van der Waals surface area contributed by atoms with Crippen LogP contribution in [0.4, 0.5) is 4.79 Å². The summed E-state index contributed by atoms with van der Waals surface area (Å²) < 4.78 is 16.1. The fourth-order valence-electron chi connectivity index (χ4n) is 5.58. The molecule has 4 rings (SSSR count). The Kier molecular flexibility index (Phi) is 12.1. The molecular weight excluding hydrogens is 574 g/mol. The quantitative estimate of drug-likeness (QED) is 0.350. The number of benzene rings is 2. The molecular formula is C32H40ClN3O7. The molecule has 1 fully saturated rings. The maximum absolute atomic E-state index is 13.5. The van der Waals surface area contributed by atoms with E-state index >= 15 is 0 Å². The summed E-state index contributed by atoms with van der Waals surface area (Å²) >= 11 is 6.02. The summed E-state index contributed by atoms with van der Waals surface area (Å²) in [4.78, 5) is 53.7. The van der Waals surface area contributed by atoms with Crippen LogP contribution in [-0.4, -0.2) is 61.1 Å². The zero-order valence-electron chi connectivity index (χ0n) is 24.5. The number of carbonyl (C=O) groups is 4. The maximum atomic E-state index is 13.5. The van der Waals surface area contributed by atoms with Crippen molar-refractivity contribution in [2.45, 2.75) is 76.6 Å². The van der Waals surface area contributed by atoms with Crippen molar-refractivity contribution in [2.75, 3.05) is 20.3 Å². The topological polar surface area (TPSA) is 123 Å². The van der Waals surface area contributed by atoms with Gasteiger partial charge in [-0.15, -0.1) is 0 Å². The number of hydrogen-bond donors (Lipinski definition) is 2. The molecule has 2 atom stereocenters. The molecule has 2 N–H and O–H groups in total. The van der Waals surface area contributed by atoms with Crippen LogP contribution in [0.25, 0.3) is 0 Å². The lowest BCUT2D eigenvalue weighted by atomic mass is 9.84. The number of ether oxygens (including phenoxy) is 3. The molecule has 0 spiro atoms. The molecule has 43 heavy (non-hydrogen) atoms. The van der Waals surface area contributed by atoms with Gasteiger partial charge < -0.3 is 29.7 Å². The Morgan fingerprint density at radius 2 is 1.81 bits per heavy atom. The highest BCUT2D eigenvalue weighted by Crippen LogP contribution is 2.28. The van der Waals surface area contributed by atoms with E-state index in [0.717, 1.165) is 43.4 Å². The molecule has 1 saturated carbocycles. The van der Waals surface area contributed by atoms with Gasteiger partial charge in [-0.25, -0.2) is 9.59 Å². The summed E-state index contributed by atoms with van der Waals surface area (Å²) in [6, 6.07) is 12.5. The molecule has 0 radical (unpaired) electrons. The first kappa shape index (κ1) is 32.1. The Balaban J connectivity index is 1.37. The first-order valence-corrected chi connectivity index (χ1v) is 15.2. The third-order valence-corrected chi connectivity index (χ3v) is 8.15. The zero-order chi connectivity index (χ0) is 30.6. The van der Waals surface area contributed by atoms with Gasteiger partial charge in [-0.1, -0.05) is 74.0 Å². The van der Waals surface area contributed by atoms with Gasteiger partial charge in [0.1, 0.15) is 31.0 Å². The van der Waals surface area contributed by atoms with Gasteiger partial charge in [0.25, 0.3) is 0 Å². The molecule has 2 aromatic rings. The summed E-state index contributed by atoms with van der Waals surface area (Å²) in [7, 11) is 1.23. The van der Waals surface area contributed by atoms with E-state index in [1.165, 1.54) is 7.11 Å². The van der Waals surface area contributed by atoms with E-state index in [0.29, 0.717) is 36.7 Å². The molecule has 10 nitrogen and oxygen atoms in total. The highest BCUT2D eigenvalue weighted by Gasteiger charge is 2.31. The van der Waals surface area contributed by atoms with E-state index in [1.54, 1.807) is 29.2 Å². The van der Waals surface area contributed by atoms with Crippen molar-refractivity contribution in [3.05, 3.63) is 64.7 Å². The number of methoxy groups -OCH3 is 1. The predicted octanol–water partition coefficient (Wildman–Crippen LogP) is 4.76. The summed E-state index contributed by atoms with van der Waals surface area (Å²) in [5, 5.41) is 5.96. The van der Waals surface area contributed by atoms with E-state index in [2.05, 4.69) is 10.6 Å². The number of nitrogens with zero attached hydrogens (tertiary/aromatic N) is 1. The van der Waals surface area contributed by atoms with Crippen molar-refractivity contribution >= 4 is 35.5 Å². The number of para-hydroxylation sites is 1. The van der Waals surface area contributed by atoms with Gasteiger partial charge in [0.2, 0.25) is 11.8 Å². The fraction of sp³-hybridized carbons (Fsp3) is 0.500. The lowest BCUT2D eigenvalue weighted by molar-refractivity contribution is -0.146. The second-order valence-corrected chi connectivity index (χ2v) is 11.5. The number of amides is 3. The number of nitrogens with one attached hydrogen (secondary N) is 2. The number of alkyl carbamates (subject to hydrolysis) is 1. The molecule has 0 bridgehead atoms. The highest BCUT2D eigenvalue weighted by molar-refractivity contribution is 6.30. The van der Waals surface area contributed by atoms with Crippen molar-refractivity contribution < 1.29 is 33.4 Å². The van der Waals surface area contributed by atoms with E-state index < -0.39 is 30.1 Å². The van der Waals surface area contributed by atoms with Crippen molar-refractivity contribution in [2.24, 2.45) is 5.92 Å².